The number of carbonyl (C=O) groups is 2. The van der Waals surface area contributed by atoms with Gasteiger partial charge in [-0.2, -0.15) is 4.98 Å². The molecule has 3 aromatic rings. The molecule has 1 saturated carbocycles. The standard InChI is InChI=1S/C18H15FN4O2/c1-10-2-4-13(19)8-15(10)11-3-5-16-20-18(22-23(16)9-11)21-17(25)12-6-14(24)7-12/h2-5,8-9,12H,6-7H2,1H3,(H,21,22,25). The maximum atomic E-state index is 13.5. The quantitative estimate of drug-likeness (QED) is 0.797. The predicted octanol–water partition coefficient (Wildman–Crippen LogP) is 2.76. The Kier molecular flexibility index (Phi) is 3.56. The fourth-order valence-electron chi connectivity index (χ4n) is 2.89. The van der Waals surface area contributed by atoms with E-state index in [0.717, 1.165) is 16.7 Å². The third-order valence-electron chi connectivity index (χ3n) is 4.40. The van der Waals surface area contributed by atoms with E-state index in [1.807, 2.05) is 13.0 Å². The molecule has 0 atom stereocenters. The fraction of sp³-hybridized carbons (Fsp3) is 0.222. The van der Waals surface area contributed by atoms with Crippen molar-refractivity contribution in [1.82, 2.24) is 14.6 Å². The van der Waals surface area contributed by atoms with Crippen LogP contribution in [0.3, 0.4) is 0 Å². The van der Waals surface area contributed by atoms with E-state index in [1.165, 1.54) is 12.1 Å². The average molecular weight is 338 g/mol. The number of halogens is 1. The molecule has 126 valence electrons. The number of anilines is 1. The number of Topliss-reactive ketones (excluding diaryl/α,β-unsaturated/α-hetero) is 1. The summed E-state index contributed by atoms with van der Waals surface area (Å²) >= 11 is 0. The number of nitrogens with one attached hydrogen (secondary N) is 1. The highest BCUT2D eigenvalue weighted by Gasteiger charge is 2.33. The lowest BCUT2D eigenvalue weighted by molar-refractivity contribution is -0.135. The van der Waals surface area contributed by atoms with E-state index >= 15 is 0 Å². The van der Waals surface area contributed by atoms with E-state index in [1.54, 1.807) is 22.8 Å². The summed E-state index contributed by atoms with van der Waals surface area (Å²) in [5, 5.41) is 6.89. The van der Waals surface area contributed by atoms with E-state index in [9.17, 15) is 14.0 Å². The predicted molar refractivity (Wildman–Crippen MR) is 89.5 cm³/mol. The number of amides is 1. The number of pyridine rings is 1. The van der Waals surface area contributed by atoms with Gasteiger partial charge in [-0.3, -0.25) is 14.9 Å². The zero-order valence-corrected chi connectivity index (χ0v) is 13.5. The molecule has 25 heavy (non-hydrogen) atoms. The van der Waals surface area contributed by atoms with Crippen LogP contribution in [0.4, 0.5) is 10.3 Å². The molecule has 2 aromatic heterocycles. The van der Waals surface area contributed by atoms with Crippen molar-refractivity contribution in [3.63, 3.8) is 0 Å². The van der Waals surface area contributed by atoms with Crippen LogP contribution in [-0.4, -0.2) is 26.3 Å². The largest absolute Gasteiger partial charge is 0.300 e. The van der Waals surface area contributed by atoms with Crippen molar-refractivity contribution in [3.8, 4) is 11.1 Å². The van der Waals surface area contributed by atoms with Crippen LogP contribution in [0, 0.1) is 18.7 Å². The first-order valence-corrected chi connectivity index (χ1v) is 7.95. The van der Waals surface area contributed by atoms with Crippen LogP contribution in [0.15, 0.2) is 36.5 Å². The molecule has 4 rings (SSSR count). The number of aromatic nitrogens is 3. The van der Waals surface area contributed by atoms with Gasteiger partial charge >= 0.3 is 0 Å². The van der Waals surface area contributed by atoms with Crippen LogP contribution in [0.5, 0.6) is 0 Å². The highest BCUT2D eigenvalue weighted by molar-refractivity contribution is 6.01. The Hall–Kier alpha value is -3.09. The second kappa shape index (κ2) is 5.77. The lowest BCUT2D eigenvalue weighted by Crippen LogP contribution is -2.34. The van der Waals surface area contributed by atoms with Crippen LogP contribution in [0.25, 0.3) is 16.8 Å². The molecule has 1 N–H and O–H groups in total. The minimum Gasteiger partial charge on any atom is -0.300 e. The average Bonchev–Trinajstić information content (AvgIpc) is 2.95. The number of nitrogens with zero attached hydrogens (tertiary/aromatic N) is 3. The molecule has 1 aliphatic carbocycles. The monoisotopic (exact) mass is 338 g/mol. The Balaban J connectivity index is 1.62. The summed E-state index contributed by atoms with van der Waals surface area (Å²) in [4.78, 5) is 27.2. The maximum Gasteiger partial charge on any atom is 0.249 e. The fourth-order valence-corrected chi connectivity index (χ4v) is 2.89. The molecule has 0 radical (unpaired) electrons. The zero-order chi connectivity index (χ0) is 17.6. The summed E-state index contributed by atoms with van der Waals surface area (Å²) in [6.45, 7) is 1.91. The van der Waals surface area contributed by atoms with Crippen LogP contribution >= 0.6 is 0 Å². The molecule has 0 bridgehead atoms. The van der Waals surface area contributed by atoms with E-state index in [-0.39, 0.29) is 42.2 Å². The SMILES string of the molecule is Cc1ccc(F)cc1-c1ccc2nc(NC(=O)C3CC(=O)C3)nn2c1. The van der Waals surface area contributed by atoms with Crippen molar-refractivity contribution in [1.29, 1.82) is 0 Å². The van der Waals surface area contributed by atoms with Gasteiger partial charge in [0.05, 0.1) is 5.92 Å². The second-order valence-corrected chi connectivity index (χ2v) is 6.25. The molecule has 1 aliphatic rings. The smallest absolute Gasteiger partial charge is 0.249 e. The number of benzene rings is 1. The van der Waals surface area contributed by atoms with Crippen molar-refractivity contribution in [3.05, 3.63) is 47.9 Å². The van der Waals surface area contributed by atoms with Gasteiger partial charge in [0.2, 0.25) is 11.9 Å². The van der Waals surface area contributed by atoms with Gasteiger partial charge in [0.25, 0.3) is 0 Å². The summed E-state index contributed by atoms with van der Waals surface area (Å²) in [6, 6.07) is 8.22. The first-order valence-electron chi connectivity index (χ1n) is 7.95. The lowest BCUT2D eigenvalue weighted by Gasteiger charge is -2.21. The van der Waals surface area contributed by atoms with Crippen molar-refractivity contribution in [2.45, 2.75) is 19.8 Å². The lowest BCUT2D eigenvalue weighted by atomic mass is 9.83. The summed E-state index contributed by atoms with van der Waals surface area (Å²) in [5.74, 6) is -0.542. The molecule has 1 amide bonds. The number of rotatable bonds is 3. The minimum atomic E-state index is -0.303. The second-order valence-electron chi connectivity index (χ2n) is 6.25. The van der Waals surface area contributed by atoms with Crippen molar-refractivity contribution >= 4 is 23.3 Å². The molecule has 6 nitrogen and oxygen atoms in total. The Labute approximate surface area is 142 Å². The van der Waals surface area contributed by atoms with Crippen LogP contribution < -0.4 is 5.32 Å². The van der Waals surface area contributed by atoms with Gasteiger partial charge in [-0.05, 0) is 42.3 Å². The molecule has 0 unspecified atom stereocenters. The van der Waals surface area contributed by atoms with Crippen LogP contribution in [0.2, 0.25) is 0 Å². The Bertz CT molecular complexity index is 1000. The van der Waals surface area contributed by atoms with Crippen LogP contribution in [-0.2, 0) is 9.59 Å². The molecule has 1 aromatic carbocycles. The first-order chi connectivity index (χ1) is 12.0. The molecule has 2 heterocycles. The summed E-state index contributed by atoms with van der Waals surface area (Å²) < 4.78 is 15.1. The number of fused-ring (bicyclic) bond motifs is 1. The Morgan fingerprint density at radius 2 is 2.08 bits per heavy atom. The number of carbonyl (C=O) groups excluding carboxylic acids is 2. The maximum absolute atomic E-state index is 13.5. The number of hydrogen-bond donors (Lipinski definition) is 1. The highest BCUT2D eigenvalue weighted by atomic mass is 19.1. The van der Waals surface area contributed by atoms with Gasteiger partial charge in [-0.1, -0.05) is 6.07 Å². The van der Waals surface area contributed by atoms with E-state index in [0.29, 0.717) is 5.65 Å². The molecular formula is C18H15FN4O2. The Morgan fingerprint density at radius 3 is 2.84 bits per heavy atom. The van der Waals surface area contributed by atoms with Gasteiger partial charge in [-0.25, -0.2) is 8.91 Å². The van der Waals surface area contributed by atoms with Crippen molar-refractivity contribution < 1.29 is 14.0 Å². The third kappa shape index (κ3) is 2.88. The van der Waals surface area contributed by atoms with Crippen molar-refractivity contribution in [2.24, 2.45) is 5.92 Å². The minimum absolute atomic E-state index is 0.0956. The molecule has 1 fully saturated rings. The molecular weight excluding hydrogens is 323 g/mol. The van der Waals surface area contributed by atoms with E-state index < -0.39 is 0 Å². The van der Waals surface area contributed by atoms with Gasteiger partial charge in [-0.15, -0.1) is 5.10 Å². The zero-order valence-electron chi connectivity index (χ0n) is 13.5. The normalized spacial score (nSPS) is 14.6. The Morgan fingerprint density at radius 1 is 1.28 bits per heavy atom. The summed E-state index contributed by atoms with van der Waals surface area (Å²) in [7, 11) is 0. The highest BCUT2D eigenvalue weighted by Crippen LogP contribution is 2.26. The third-order valence-corrected chi connectivity index (χ3v) is 4.40. The number of ketones is 1. The first kappa shape index (κ1) is 15.4. The molecule has 0 spiro atoms. The molecule has 0 aliphatic heterocycles. The number of aryl methyl sites for hydroxylation is 1. The van der Waals surface area contributed by atoms with Crippen LogP contribution in [0.1, 0.15) is 18.4 Å². The summed E-state index contributed by atoms with van der Waals surface area (Å²) in [6.07, 6.45) is 2.30. The van der Waals surface area contributed by atoms with E-state index in [4.69, 9.17) is 0 Å². The number of hydrogen-bond acceptors (Lipinski definition) is 4. The summed E-state index contributed by atoms with van der Waals surface area (Å²) in [5.41, 5.74) is 3.09. The molecule has 7 heteroatoms. The molecule has 0 saturated heterocycles. The van der Waals surface area contributed by atoms with Gasteiger partial charge in [0.1, 0.15) is 11.6 Å². The van der Waals surface area contributed by atoms with Crippen molar-refractivity contribution in [2.75, 3.05) is 5.32 Å². The van der Waals surface area contributed by atoms with Gasteiger partial charge in [0.15, 0.2) is 5.65 Å². The topological polar surface area (TPSA) is 76.4 Å². The van der Waals surface area contributed by atoms with E-state index in [2.05, 4.69) is 15.4 Å². The van der Waals surface area contributed by atoms with Gasteiger partial charge in [0, 0.05) is 24.6 Å². The van der Waals surface area contributed by atoms with Gasteiger partial charge < -0.3 is 0 Å².